The van der Waals surface area contributed by atoms with Crippen LogP contribution in [-0.2, 0) is 9.47 Å². The van der Waals surface area contributed by atoms with E-state index in [1.807, 2.05) is 6.92 Å². The molecule has 0 amide bonds. The van der Waals surface area contributed by atoms with Gasteiger partial charge in [-0.25, -0.2) is 9.78 Å². The van der Waals surface area contributed by atoms with Crippen molar-refractivity contribution in [1.29, 1.82) is 0 Å². The molecule has 2 rings (SSSR count). The first-order valence-electron chi connectivity index (χ1n) is 5.49. The first-order chi connectivity index (χ1) is 7.75. The van der Waals surface area contributed by atoms with Gasteiger partial charge in [-0.1, -0.05) is 6.07 Å². The van der Waals surface area contributed by atoms with Gasteiger partial charge >= 0.3 is 5.97 Å². The fraction of sp³-hybridized carbons (Fsp3) is 0.500. The van der Waals surface area contributed by atoms with Crippen LogP contribution in [0.15, 0.2) is 24.4 Å². The molecular weight excluding hydrogens is 206 g/mol. The van der Waals surface area contributed by atoms with Crippen molar-refractivity contribution in [2.45, 2.75) is 32.0 Å². The highest BCUT2D eigenvalue weighted by atomic mass is 16.6. The molecule has 0 aromatic carbocycles. The lowest BCUT2D eigenvalue weighted by Crippen LogP contribution is -2.19. The van der Waals surface area contributed by atoms with Crippen molar-refractivity contribution in [3.05, 3.63) is 30.1 Å². The maximum atomic E-state index is 11.5. The Morgan fingerprint density at radius 2 is 2.44 bits per heavy atom. The van der Waals surface area contributed by atoms with Gasteiger partial charge in [0.2, 0.25) is 0 Å². The minimum absolute atomic E-state index is 0.0441. The topological polar surface area (TPSA) is 48.4 Å². The highest BCUT2D eigenvalue weighted by Gasteiger charge is 2.23. The molecule has 0 saturated carbocycles. The summed E-state index contributed by atoms with van der Waals surface area (Å²) in [6, 6.07) is 5.16. The monoisotopic (exact) mass is 221 g/mol. The number of carbonyl (C=O) groups is 1. The lowest BCUT2D eigenvalue weighted by Gasteiger charge is -2.11. The van der Waals surface area contributed by atoms with Gasteiger partial charge in [-0.05, 0) is 31.9 Å². The van der Waals surface area contributed by atoms with E-state index in [0.717, 1.165) is 12.8 Å². The average molecular weight is 221 g/mol. The first-order valence-corrected chi connectivity index (χ1v) is 5.49. The van der Waals surface area contributed by atoms with Gasteiger partial charge in [0, 0.05) is 6.20 Å². The van der Waals surface area contributed by atoms with E-state index in [-0.39, 0.29) is 18.2 Å². The van der Waals surface area contributed by atoms with Crippen molar-refractivity contribution >= 4 is 5.97 Å². The Kier molecular flexibility index (Phi) is 3.51. The van der Waals surface area contributed by atoms with Gasteiger partial charge in [0.05, 0.1) is 12.2 Å². The van der Waals surface area contributed by atoms with Crippen LogP contribution in [0, 0.1) is 0 Å². The Balaban J connectivity index is 1.80. The standard InChI is InChI=1S/C12H15NO3/c1-9-5-6-10(16-9)8-15-12(14)11-4-2-3-7-13-11/h2-4,7,9-10H,5-6,8H2,1H3/t9-,10-/m1/s1. The molecule has 1 saturated heterocycles. The highest BCUT2D eigenvalue weighted by molar-refractivity contribution is 5.87. The van der Waals surface area contributed by atoms with Crippen molar-refractivity contribution in [3.63, 3.8) is 0 Å². The smallest absolute Gasteiger partial charge is 0.357 e. The van der Waals surface area contributed by atoms with Gasteiger partial charge < -0.3 is 9.47 Å². The molecule has 1 aliphatic heterocycles. The Morgan fingerprint density at radius 3 is 3.06 bits per heavy atom. The summed E-state index contributed by atoms with van der Waals surface area (Å²) in [4.78, 5) is 15.5. The summed E-state index contributed by atoms with van der Waals surface area (Å²) in [6.07, 6.45) is 3.88. The summed E-state index contributed by atoms with van der Waals surface area (Å²) in [6.45, 7) is 2.35. The van der Waals surface area contributed by atoms with Gasteiger partial charge in [0.15, 0.2) is 0 Å². The number of pyridine rings is 1. The van der Waals surface area contributed by atoms with Crippen molar-refractivity contribution in [2.75, 3.05) is 6.61 Å². The molecule has 1 aromatic heterocycles. The quantitative estimate of drug-likeness (QED) is 0.730. The highest BCUT2D eigenvalue weighted by Crippen LogP contribution is 2.19. The average Bonchev–Trinajstić information content (AvgIpc) is 2.73. The zero-order valence-electron chi connectivity index (χ0n) is 9.26. The third-order valence-electron chi connectivity index (χ3n) is 2.59. The van der Waals surface area contributed by atoms with E-state index < -0.39 is 0 Å². The Labute approximate surface area is 94.6 Å². The zero-order chi connectivity index (χ0) is 11.4. The minimum atomic E-state index is -0.385. The van der Waals surface area contributed by atoms with E-state index in [1.54, 1.807) is 24.4 Å². The van der Waals surface area contributed by atoms with Crippen LogP contribution in [0.4, 0.5) is 0 Å². The van der Waals surface area contributed by atoms with Crippen LogP contribution in [0.5, 0.6) is 0 Å². The number of esters is 1. The number of aromatic nitrogens is 1. The second kappa shape index (κ2) is 5.07. The predicted octanol–water partition coefficient (Wildman–Crippen LogP) is 1.81. The summed E-state index contributed by atoms with van der Waals surface area (Å²) in [5, 5.41) is 0. The molecule has 0 bridgehead atoms. The van der Waals surface area contributed by atoms with Crippen LogP contribution >= 0.6 is 0 Å². The molecular formula is C12H15NO3. The number of ether oxygens (including phenoxy) is 2. The van der Waals surface area contributed by atoms with Gasteiger partial charge in [0.1, 0.15) is 12.3 Å². The fourth-order valence-electron chi connectivity index (χ4n) is 1.73. The van der Waals surface area contributed by atoms with Gasteiger partial charge in [-0.2, -0.15) is 0 Å². The molecule has 2 atom stereocenters. The molecule has 1 aliphatic rings. The van der Waals surface area contributed by atoms with Gasteiger partial charge in [-0.15, -0.1) is 0 Å². The molecule has 0 unspecified atom stereocenters. The number of carbonyl (C=O) groups excluding carboxylic acids is 1. The molecule has 16 heavy (non-hydrogen) atoms. The maximum Gasteiger partial charge on any atom is 0.357 e. The predicted molar refractivity (Wildman–Crippen MR) is 58.1 cm³/mol. The third kappa shape index (κ3) is 2.79. The maximum absolute atomic E-state index is 11.5. The summed E-state index contributed by atoms with van der Waals surface area (Å²) in [7, 11) is 0. The molecule has 0 spiro atoms. The van der Waals surface area contributed by atoms with Crippen LogP contribution in [0.2, 0.25) is 0 Å². The minimum Gasteiger partial charge on any atom is -0.458 e. The zero-order valence-corrected chi connectivity index (χ0v) is 9.26. The summed E-state index contributed by atoms with van der Waals surface area (Å²) < 4.78 is 10.7. The number of hydrogen-bond donors (Lipinski definition) is 0. The van der Waals surface area contributed by atoms with E-state index in [2.05, 4.69) is 4.98 Å². The molecule has 1 aromatic rings. The lowest BCUT2D eigenvalue weighted by atomic mass is 10.2. The molecule has 0 N–H and O–H groups in total. The molecule has 1 fully saturated rings. The van der Waals surface area contributed by atoms with Crippen molar-refractivity contribution in [3.8, 4) is 0 Å². The van der Waals surface area contributed by atoms with Crippen molar-refractivity contribution in [2.24, 2.45) is 0 Å². The van der Waals surface area contributed by atoms with Crippen LogP contribution in [0.25, 0.3) is 0 Å². The molecule has 4 heteroatoms. The molecule has 0 radical (unpaired) electrons. The summed E-state index contributed by atoms with van der Waals surface area (Å²) >= 11 is 0. The molecule has 86 valence electrons. The van der Waals surface area contributed by atoms with E-state index in [4.69, 9.17) is 9.47 Å². The van der Waals surface area contributed by atoms with Crippen molar-refractivity contribution < 1.29 is 14.3 Å². The van der Waals surface area contributed by atoms with E-state index >= 15 is 0 Å². The van der Waals surface area contributed by atoms with E-state index in [1.165, 1.54) is 0 Å². The number of hydrogen-bond acceptors (Lipinski definition) is 4. The van der Waals surface area contributed by atoms with Gasteiger partial charge in [-0.3, -0.25) is 0 Å². The number of rotatable bonds is 3. The third-order valence-corrected chi connectivity index (χ3v) is 2.59. The van der Waals surface area contributed by atoms with Crippen LogP contribution in [0.3, 0.4) is 0 Å². The van der Waals surface area contributed by atoms with Crippen LogP contribution in [0.1, 0.15) is 30.3 Å². The first kappa shape index (κ1) is 11.1. The summed E-state index contributed by atoms with van der Waals surface area (Å²) in [5.41, 5.74) is 0.341. The SMILES string of the molecule is C[C@@H]1CC[C@H](COC(=O)c2ccccn2)O1. The Bertz CT molecular complexity index is 353. The van der Waals surface area contributed by atoms with E-state index in [0.29, 0.717) is 12.3 Å². The Hall–Kier alpha value is -1.42. The van der Waals surface area contributed by atoms with Crippen LogP contribution in [-0.4, -0.2) is 29.8 Å². The second-order valence-electron chi connectivity index (χ2n) is 3.96. The largest absolute Gasteiger partial charge is 0.458 e. The van der Waals surface area contributed by atoms with Crippen molar-refractivity contribution in [1.82, 2.24) is 4.98 Å². The lowest BCUT2D eigenvalue weighted by molar-refractivity contribution is -0.00299. The number of nitrogens with zero attached hydrogens (tertiary/aromatic N) is 1. The van der Waals surface area contributed by atoms with E-state index in [9.17, 15) is 4.79 Å². The Morgan fingerprint density at radius 1 is 1.56 bits per heavy atom. The molecule has 0 aliphatic carbocycles. The van der Waals surface area contributed by atoms with Gasteiger partial charge in [0.25, 0.3) is 0 Å². The summed E-state index contributed by atoms with van der Waals surface area (Å²) in [5.74, 6) is -0.385. The van der Waals surface area contributed by atoms with Crippen LogP contribution < -0.4 is 0 Å². The molecule has 2 heterocycles. The second-order valence-corrected chi connectivity index (χ2v) is 3.96. The normalized spacial score (nSPS) is 24.3. The fourth-order valence-corrected chi connectivity index (χ4v) is 1.73. The molecule has 4 nitrogen and oxygen atoms in total.